The quantitative estimate of drug-likeness (QED) is 0.280. The topological polar surface area (TPSA) is 132 Å². The van der Waals surface area contributed by atoms with Crippen LogP contribution in [-0.4, -0.2) is 61.4 Å². The van der Waals surface area contributed by atoms with E-state index in [4.69, 9.17) is 9.05 Å². The van der Waals surface area contributed by atoms with Crippen molar-refractivity contribution in [1.29, 1.82) is 0 Å². The Bertz CT molecular complexity index is 1400. The van der Waals surface area contributed by atoms with Gasteiger partial charge in [-0.3, -0.25) is 0 Å². The predicted octanol–water partition coefficient (Wildman–Crippen LogP) is 1.99. The minimum Gasteiger partial charge on any atom is -1.00 e. The van der Waals surface area contributed by atoms with Crippen molar-refractivity contribution in [2.75, 3.05) is 13.7 Å². The molecule has 1 aliphatic rings. The highest BCUT2D eigenvalue weighted by atomic mass is 35.5. The van der Waals surface area contributed by atoms with E-state index in [1.165, 1.54) is 12.4 Å². The van der Waals surface area contributed by atoms with Crippen LogP contribution in [0.2, 0.25) is 0 Å². The van der Waals surface area contributed by atoms with Crippen LogP contribution in [0.25, 0.3) is 22.2 Å². The van der Waals surface area contributed by atoms with Gasteiger partial charge < -0.3 is 26.6 Å². The lowest BCUT2D eigenvalue weighted by atomic mass is 9.84. The largest absolute Gasteiger partial charge is 1.00 e. The van der Waals surface area contributed by atoms with Crippen molar-refractivity contribution in [1.82, 2.24) is 20.3 Å². The highest BCUT2D eigenvalue weighted by molar-refractivity contribution is 6.03. The molecule has 39 heavy (non-hydrogen) atoms. The summed E-state index contributed by atoms with van der Waals surface area (Å²) < 4.78 is 10.3. The minimum absolute atomic E-state index is 0. The number of aromatic nitrogens is 4. The molecule has 4 aromatic rings. The van der Waals surface area contributed by atoms with E-state index in [9.17, 15) is 14.7 Å². The lowest BCUT2D eigenvalue weighted by molar-refractivity contribution is -0.775. The summed E-state index contributed by atoms with van der Waals surface area (Å²) in [6.07, 6.45) is 5.69. The zero-order valence-electron chi connectivity index (χ0n) is 22.8. The lowest BCUT2D eigenvalue weighted by Crippen LogP contribution is -3.00. The molecule has 0 aromatic carbocycles. The number of fused-ring (bicyclic) bond motifs is 2. The van der Waals surface area contributed by atoms with Gasteiger partial charge >= 0.3 is 11.8 Å². The van der Waals surface area contributed by atoms with Gasteiger partial charge in [-0.1, -0.05) is 38.0 Å². The first kappa shape index (κ1) is 28.8. The molecule has 0 saturated heterocycles. The fraction of sp³-hybridized carbons (Fsp3) is 0.500. The molecule has 11 heteroatoms. The van der Waals surface area contributed by atoms with Crippen LogP contribution in [0, 0.1) is 5.92 Å². The zero-order valence-corrected chi connectivity index (χ0v) is 23.6. The number of aliphatic hydroxyl groups is 1. The number of imide groups is 1. The SMILES string of the molecule is CC(C)c1noc2ncc(C(=O)[N+](C)(C(=O)c3cnc4onc(C(C)C)c4c3)C3CCC(CO)CC3)cc12.[Cl-]. The molecule has 4 heterocycles. The van der Waals surface area contributed by atoms with E-state index in [2.05, 4.69) is 20.3 Å². The molecule has 0 spiro atoms. The van der Waals surface area contributed by atoms with Gasteiger partial charge in [0.2, 0.25) is 0 Å². The fourth-order valence-electron chi connectivity index (χ4n) is 5.57. The number of hydrogen-bond donors (Lipinski definition) is 1. The second-order valence-electron chi connectivity index (χ2n) is 11.1. The maximum Gasteiger partial charge on any atom is 0.355 e. The van der Waals surface area contributed by atoms with Gasteiger partial charge in [-0.2, -0.15) is 4.48 Å². The van der Waals surface area contributed by atoms with E-state index in [1.807, 2.05) is 27.7 Å². The van der Waals surface area contributed by atoms with Crippen molar-refractivity contribution < 1.29 is 40.6 Å². The molecule has 0 radical (unpaired) electrons. The van der Waals surface area contributed by atoms with E-state index in [1.54, 1.807) is 19.2 Å². The van der Waals surface area contributed by atoms with Gasteiger partial charge in [-0.05, 0) is 42.7 Å². The summed E-state index contributed by atoms with van der Waals surface area (Å²) in [6, 6.07) is 3.21. The Hall–Kier alpha value is -3.21. The molecular weight excluding hydrogens is 522 g/mol. The Labute approximate surface area is 232 Å². The van der Waals surface area contributed by atoms with Crippen LogP contribution >= 0.6 is 0 Å². The summed E-state index contributed by atoms with van der Waals surface area (Å²) in [4.78, 5) is 37.4. The van der Waals surface area contributed by atoms with Crippen molar-refractivity contribution >= 4 is 34.0 Å². The summed E-state index contributed by atoms with van der Waals surface area (Å²) >= 11 is 0. The normalized spacial score (nSPS) is 18.2. The molecule has 0 unspecified atom stereocenters. The average Bonchev–Trinajstić information content (AvgIpc) is 3.55. The van der Waals surface area contributed by atoms with Crippen molar-refractivity contribution in [2.24, 2.45) is 5.92 Å². The molecule has 1 saturated carbocycles. The number of carbonyl (C=O) groups is 2. The monoisotopic (exact) mass is 555 g/mol. The molecule has 1 aliphatic carbocycles. The van der Waals surface area contributed by atoms with E-state index in [-0.39, 0.29) is 54.6 Å². The van der Waals surface area contributed by atoms with Gasteiger partial charge in [0.25, 0.3) is 11.4 Å². The fourth-order valence-corrected chi connectivity index (χ4v) is 5.57. The minimum atomic E-state index is -0.455. The standard InChI is InChI=1S/C28H34N5O5.ClH/c1-15(2)23-21-10-18(12-29-25(21)37-31-23)27(35)33(5,20-8-6-17(14-34)7-9-20)28(36)19-11-22-24(16(3)4)32-38-26(22)30-13-19;/h10-13,15-17,20,34H,6-9,14H2,1-5H3;1H/q+1;/p-1. The van der Waals surface area contributed by atoms with Crippen LogP contribution in [0.1, 0.15) is 97.3 Å². The van der Waals surface area contributed by atoms with Gasteiger partial charge in [-0.15, -0.1) is 0 Å². The third-order valence-electron chi connectivity index (χ3n) is 7.95. The molecule has 2 amide bonds. The molecule has 0 atom stereocenters. The summed E-state index contributed by atoms with van der Waals surface area (Å²) in [7, 11) is 1.69. The van der Waals surface area contributed by atoms with Crippen LogP contribution in [0.3, 0.4) is 0 Å². The Morgan fingerprint density at radius 2 is 1.31 bits per heavy atom. The Morgan fingerprint density at radius 3 is 1.69 bits per heavy atom. The van der Waals surface area contributed by atoms with Gasteiger partial charge in [0.1, 0.15) is 6.04 Å². The highest BCUT2D eigenvalue weighted by Gasteiger charge is 2.49. The second kappa shape index (κ2) is 11.1. The Kier molecular flexibility index (Phi) is 8.20. The molecule has 10 nitrogen and oxygen atoms in total. The maximum absolute atomic E-state index is 14.3. The van der Waals surface area contributed by atoms with Crippen molar-refractivity contribution in [2.45, 2.75) is 71.3 Å². The first-order chi connectivity index (χ1) is 18.1. The number of pyridine rings is 2. The van der Waals surface area contributed by atoms with E-state index in [0.29, 0.717) is 46.2 Å². The van der Waals surface area contributed by atoms with Crippen LogP contribution in [0.15, 0.2) is 33.6 Å². The van der Waals surface area contributed by atoms with E-state index < -0.39 is 4.48 Å². The van der Waals surface area contributed by atoms with Crippen LogP contribution in [0.5, 0.6) is 0 Å². The summed E-state index contributed by atoms with van der Waals surface area (Å²) in [5.41, 5.74) is 2.80. The molecule has 1 fully saturated rings. The highest BCUT2D eigenvalue weighted by Crippen LogP contribution is 2.35. The van der Waals surface area contributed by atoms with Crippen LogP contribution in [-0.2, 0) is 0 Å². The Balaban J connectivity index is 0.00000353. The van der Waals surface area contributed by atoms with Crippen LogP contribution < -0.4 is 12.4 Å². The second-order valence-corrected chi connectivity index (χ2v) is 11.1. The number of hydrogen-bond acceptors (Lipinski definition) is 9. The molecule has 1 N–H and O–H groups in total. The van der Waals surface area contributed by atoms with Gasteiger partial charge in [0.15, 0.2) is 0 Å². The predicted molar refractivity (Wildman–Crippen MR) is 139 cm³/mol. The zero-order chi connectivity index (χ0) is 27.2. The number of halogens is 1. The van der Waals surface area contributed by atoms with Crippen molar-refractivity contribution in [3.8, 4) is 0 Å². The lowest BCUT2D eigenvalue weighted by Gasteiger charge is -2.40. The Morgan fingerprint density at radius 1 is 0.872 bits per heavy atom. The molecule has 208 valence electrons. The smallest absolute Gasteiger partial charge is 0.355 e. The van der Waals surface area contributed by atoms with Crippen LogP contribution in [0.4, 0.5) is 0 Å². The van der Waals surface area contributed by atoms with Gasteiger partial charge in [-0.25, -0.2) is 19.6 Å². The molecule has 0 bridgehead atoms. The number of amides is 2. The average molecular weight is 556 g/mol. The van der Waals surface area contributed by atoms with Gasteiger partial charge in [0, 0.05) is 31.8 Å². The number of quaternary nitrogens is 1. The summed E-state index contributed by atoms with van der Waals surface area (Å²) in [6.45, 7) is 8.09. The number of carbonyl (C=O) groups excluding carboxylic acids is 2. The van der Waals surface area contributed by atoms with E-state index in [0.717, 1.165) is 24.2 Å². The maximum atomic E-state index is 14.3. The number of nitrogens with zero attached hydrogens (tertiary/aromatic N) is 5. The molecular formula is C28H34ClN5O5. The first-order valence-electron chi connectivity index (χ1n) is 13.2. The van der Waals surface area contributed by atoms with E-state index >= 15 is 0 Å². The van der Waals surface area contributed by atoms with Crippen molar-refractivity contribution in [3.05, 3.63) is 47.0 Å². The number of rotatable bonds is 6. The third kappa shape index (κ3) is 4.97. The molecule has 0 aliphatic heterocycles. The summed E-state index contributed by atoms with van der Waals surface area (Å²) in [5, 5.41) is 19.3. The molecule has 5 rings (SSSR count). The van der Waals surface area contributed by atoms with Gasteiger partial charge in [0.05, 0.1) is 40.3 Å². The first-order valence-corrected chi connectivity index (χ1v) is 13.2. The van der Waals surface area contributed by atoms with Crippen molar-refractivity contribution in [3.63, 3.8) is 0 Å². The number of aliphatic hydroxyl groups excluding tert-OH is 1. The molecule has 4 aromatic heterocycles. The third-order valence-corrected chi connectivity index (χ3v) is 7.95. The summed E-state index contributed by atoms with van der Waals surface area (Å²) in [5.74, 6) is -0.353.